The number of fused-ring (bicyclic) bond motifs is 4. The Bertz CT molecular complexity index is 1830. The van der Waals surface area contributed by atoms with Gasteiger partial charge in [0.2, 0.25) is 5.71 Å². The second-order valence-electron chi connectivity index (χ2n) is 7.73. The van der Waals surface area contributed by atoms with E-state index in [2.05, 4.69) is 27.1 Å². The first kappa shape index (κ1) is 20.5. The maximum absolute atomic E-state index is 7.55. The van der Waals surface area contributed by atoms with Crippen molar-refractivity contribution in [1.29, 1.82) is 0 Å². The zero-order valence-corrected chi connectivity index (χ0v) is 21.9. The zero-order chi connectivity index (χ0) is 26.1. The van der Waals surface area contributed by atoms with E-state index in [1.165, 1.54) is 6.07 Å². The van der Waals surface area contributed by atoms with Gasteiger partial charge in [0.05, 0.1) is 5.58 Å². The molecule has 0 fully saturated rings. The average Bonchev–Trinajstić information content (AvgIpc) is 3.58. The molecular formula is C30H19IrN3OS-2. The first-order valence-corrected chi connectivity index (χ1v) is 11.8. The maximum Gasteiger partial charge on any atom is 0.216 e. The van der Waals surface area contributed by atoms with Crippen molar-refractivity contribution in [3.8, 4) is 22.5 Å². The number of thiophene rings is 1. The molecule has 4 nitrogen and oxygen atoms in total. The molecule has 36 heavy (non-hydrogen) atoms. The number of furan rings is 1. The Morgan fingerprint density at radius 2 is 1.78 bits per heavy atom. The standard InChI is InChI=1S/C19H11N2OS.C11H8N.Ir/c1-11-5-6-13-12-3-2-4-15(18(12)22-19(13)21-11)17-14-8-10-23-16(14)7-9-20-17;1-2-6-10(7-3-1)11-8-4-5-9-12-11;/h2-3,5-10H,1H3;1-6,8-9H;/q2*-1;/i1D3;;. The number of aromatic nitrogens is 3. The molecule has 0 atom stereocenters. The zero-order valence-electron chi connectivity index (χ0n) is 21.7. The van der Waals surface area contributed by atoms with E-state index in [-0.39, 0.29) is 25.8 Å². The Morgan fingerprint density at radius 3 is 2.61 bits per heavy atom. The van der Waals surface area contributed by atoms with E-state index in [4.69, 9.17) is 8.53 Å². The van der Waals surface area contributed by atoms with Crippen LogP contribution in [-0.4, -0.2) is 15.0 Å². The van der Waals surface area contributed by atoms with Crippen LogP contribution in [0.2, 0.25) is 0 Å². The van der Waals surface area contributed by atoms with Crippen LogP contribution in [0.25, 0.3) is 54.7 Å². The Hall–Kier alpha value is -3.70. The number of hydrogen-bond acceptors (Lipinski definition) is 5. The van der Waals surface area contributed by atoms with Crippen LogP contribution in [0, 0.1) is 19.0 Å². The predicted octanol–water partition coefficient (Wildman–Crippen LogP) is 7.91. The number of nitrogens with zero attached hydrogens (tertiary/aromatic N) is 3. The van der Waals surface area contributed by atoms with Crippen LogP contribution in [0.5, 0.6) is 0 Å². The van der Waals surface area contributed by atoms with Gasteiger partial charge in [-0.25, -0.2) is 4.98 Å². The summed E-state index contributed by atoms with van der Waals surface area (Å²) < 4.78 is 29.7. The minimum atomic E-state index is -2.27. The third-order valence-electron chi connectivity index (χ3n) is 5.57. The van der Waals surface area contributed by atoms with Gasteiger partial charge < -0.3 is 14.4 Å². The molecule has 0 N–H and O–H groups in total. The third-order valence-corrected chi connectivity index (χ3v) is 6.45. The van der Waals surface area contributed by atoms with Gasteiger partial charge in [0.1, 0.15) is 0 Å². The monoisotopic (exact) mass is 665 g/mol. The molecule has 0 amide bonds. The van der Waals surface area contributed by atoms with Gasteiger partial charge in [0.25, 0.3) is 0 Å². The quantitative estimate of drug-likeness (QED) is 0.176. The van der Waals surface area contributed by atoms with E-state index in [0.29, 0.717) is 11.3 Å². The van der Waals surface area contributed by atoms with Crippen molar-refractivity contribution in [2.45, 2.75) is 6.85 Å². The van der Waals surface area contributed by atoms with Crippen molar-refractivity contribution < 1.29 is 28.6 Å². The summed E-state index contributed by atoms with van der Waals surface area (Å²) in [6.07, 6.45) is 3.56. The summed E-state index contributed by atoms with van der Waals surface area (Å²) in [5.74, 6) is 0. The summed E-state index contributed by atoms with van der Waals surface area (Å²) in [6.45, 7) is -2.27. The molecule has 0 spiro atoms. The van der Waals surface area contributed by atoms with Gasteiger partial charge in [-0.15, -0.1) is 65.4 Å². The number of hydrogen-bond donors (Lipinski definition) is 0. The van der Waals surface area contributed by atoms with Gasteiger partial charge in [-0.05, 0) is 47.6 Å². The molecule has 7 aromatic rings. The van der Waals surface area contributed by atoms with Crippen LogP contribution >= 0.6 is 11.3 Å². The Morgan fingerprint density at radius 1 is 0.833 bits per heavy atom. The van der Waals surface area contributed by atoms with Gasteiger partial charge in [0, 0.05) is 58.1 Å². The molecule has 0 aliphatic carbocycles. The summed E-state index contributed by atoms with van der Waals surface area (Å²) in [4.78, 5) is 13.0. The molecule has 0 aliphatic heterocycles. The Labute approximate surface area is 230 Å². The molecule has 0 bridgehead atoms. The topological polar surface area (TPSA) is 51.8 Å². The largest absolute Gasteiger partial charge is 0.486 e. The number of benzene rings is 2. The number of pyridine rings is 3. The third kappa shape index (κ3) is 4.59. The summed E-state index contributed by atoms with van der Waals surface area (Å²) in [7, 11) is 0. The van der Waals surface area contributed by atoms with Crippen molar-refractivity contribution in [1.82, 2.24) is 15.0 Å². The maximum atomic E-state index is 7.55. The second kappa shape index (κ2) is 10.5. The van der Waals surface area contributed by atoms with Gasteiger partial charge in [-0.1, -0.05) is 29.1 Å². The van der Waals surface area contributed by atoms with Gasteiger partial charge in [-0.3, -0.25) is 0 Å². The van der Waals surface area contributed by atoms with Crippen molar-refractivity contribution >= 4 is 43.5 Å². The number of aryl methyl sites for hydroxylation is 1. The summed E-state index contributed by atoms with van der Waals surface area (Å²) in [5, 5.41) is 4.71. The molecule has 6 heteroatoms. The molecule has 1 radical (unpaired) electrons. The van der Waals surface area contributed by atoms with E-state index in [9.17, 15) is 0 Å². The van der Waals surface area contributed by atoms with E-state index >= 15 is 0 Å². The summed E-state index contributed by atoms with van der Waals surface area (Å²) in [5.41, 5.74) is 4.50. The summed E-state index contributed by atoms with van der Waals surface area (Å²) >= 11 is 1.65. The van der Waals surface area contributed by atoms with Crippen LogP contribution in [0.4, 0.5) is 0 Å². The molecule has 7 rings (SSSR count). The first-order chi connectivity index (χ1) is 18.5. The SMILES string of the molecule is [2H]C([2H])([2H])c1ccc2c(n1)oc1c(-c3nccc4sccc34)[c-]ccc12.[Ir].[c-]1ccccc1-c1ccccn1. The molecule has 0 saturated carbocycles. The van der Waals surface area contributed by atoms with Crippen LogP contribution < -0.4 is 0 Å². The van der Waals surface area contributed by atoms with Crippen molar-refractivity contribution in [3.05, 3.63) is 114 Å². The van der Waals surface area contributed by atoms with E-state index in [1.807, 2.05) is 72.1 Å². The Kier molecular flexibility index (Phi) is 5.98. The molecule has 5 heterocycles. The van der Waals surface area contributed by atoms with Crippen molar-refractivity contribution in [2.75, 3.05) is 0 Å². The molecule has 0 unspecified atom stereocenters. The van der Waals surface area contributed by atoms with Gasteiger partial charge in [-0.2, -0.15) is 0 Å². The van der Waals surface area contributed by atoms with Crippen LogP contribution in [0.3, 0.4) is 0 Å². The first-order valence-electron chi connectivity index (χ1n) is 12.4. The fourth-order valence-electron chi connectivity index (χ4n) is 3.97. The summed E-state index contributed by atoms with van der Waals surface area (Å²) in [6, 6.07) is 31.1. The van der Waals surface area contributed by atoms with Crippen molar-refractivity contribution in [2.24, 2.45) is 0 Å². The second-order valence-corrected chi connectivity index (χ2v) is 8.68. The van der Waals surface area contributed by atoms with Gasteiger partial charge in [0.15, 0.2) is 0 Å². The molecule has 2 aromatic carbocycles. The molecular weight excluding hydrogens is 643 g/mol. The fourth-order valence-corrected chi connectivity index (χ4v) is 4.75. The molecule has 177 valence electrons. The van der Waals surface area contributed by atoms with E-state index in [0.717, 1.165) is 43.4 Å². The van der Waals surface area contributed by atoms with Crippen LogP contribution in [0.15, 0.2) is 101 Å². The normalized spacial score (nSPS) is 12.3. The number of rotatable bonds is 2. The van der Waals surface area contributed by atoms with Gasteiger partial charge >= 0.3 is 0 Å². The Balaban J connectivity index is 0.000000200. The smallest absolute Gasteiger partial charge is 0.216 e. The molecule has 5 aromatic heterocycles. The predicted molar refractivity (Wildman–Crippen MR) is 142 cm³/mol. The molecule has 0 aliphatic rings. The minimum absolute atomic E-state index is 0. The van der Waals surface area contributed by atoms with E-state index < -0.39 is 6.85 Å². The van der Waals surface area contributed by atoms with Crippen molar-refractivity contribution in [3.63, 3.8) is 0 Å². The van der Waals surface area contributed by atoms with E-state index in [1.54, 1.807) is 29.8 Å². The molecule has 0 saturated heterocycles. The average molecular weight is 665 g/mol. The van der Waals surface area contributed by atoms with Crippen LogP contribution in [-0.2, 0) is 20.1 Å². The minimum Gasteiger partial charge on any atom is -0.486 e. The fraction of sp³-hybridized carbons (Fsp3) is 0.0333. The van der Waals surface area contributed by atoms with Crippen LogP contribution in [0.1, 0.15) is 9.81 Å².